The van der Waals surface area contributed by atoms with E-state index in [1.807, 2.05) is 0 Å². The molecule has 266 valence electrons. The Bertz CT molecular complexity index is 2860. The summed E-state index contributed by atoms with van der Waals surface area (Å²) in [5, 5.41) is 2.48. The predicted octanol–water partition coefficient (Wildman–Crippen LogP) is 15.3. The highest BCUT2D eigenvalue weighted by Crippen LogP contribution is 2.52. The molecule has 0 N–H and O–H groups in total. The molecule has 56 heavy (non-hydrogen) atoms. The van der Waals surface area contributed by atoms with E-state index in [0.717, 1.165) is 17.1 Å². The van der Waals surface area contributed by atoms with Crippen LogP contribution in [-0.4, -0.2) is 0 Å². The zero-order chi connectivity index (χ0) is 37.6. The molecule has 0 unspecified atom stereocenters. The minimum atomic E-state index is -0.0995. The molecule has 0 spiro atoms. The number of hydrogen-bond donors (Lipinski definition) is 0. The molecule has 9 aromatic rings. The molecule has 0 amide bonds. The fourth-order valence-corrected chi connectivity index (χ4v) is 8.98. The fourth-order valence-electron chi connectivity index (χ4n) is 8.98. The van der Waals surface area contributed by atoms with Crippen LogP contribution in [-0.2, 0) is 5.41 Å². The number of rotatable bonds is 7. The van der Waals surface area contributed by atoms with Crippen LogP contribution in [0.3, 0.4) is 0 Å². The maximum Gasteiger partial charge on any atom is 0.0546 e. The molecule has 0 saturated heterocycles. The second-order valence-corrected chi connectivity index (χ2v) is 15.3. The van der Waals surface area contributed by atoms with E-state index in [4.69, 9.17) is 0 Å². The van der Waals surface area contributed by atoms with Crippen molar-refractivity contribution in [2.75, 3.05) is 4.90 Å². The van der Waals surface area contributed by atoms with E-state index >= 15 is 0 Å². The first kappa shape index (κ1) is 33.6. The Kier molecular flexibility index (Phi) is 8.23. The van der Waals surface area contributed by atoms with Crippen LogP contribution in [0.25, 0.3) is 66.4 Å². The van der Waals surface area contributed by atoms with E-state index in [0.29, 0.717) is 0 Å². The second-order valence-electron chi connectivity index (χ2n) is 15.3. The Balaban J connectivity index is 1.18. The summed E-state index contributed by atoms with van der Waals surface area (Å²) in [4.78, 5) is 2.45. The zero-order valence-corrected chi connectivity index (χ0v) is 31.7. The average Bonchev–Trinajstić information content (AvgIpc) is 3.50. The van der Waals surface area contributed by atoms with Gasteiger partial charge in [-0.1, -0.05) is 196 Å². The largest absolute Gasteiger partial charge is 0.310 e. The Hall–Kier alpha value is -6.96. The van der Waals surface area contributed by atoms with Gasteiger partial charge in [0.1, 0.15) is 0 Å². The van der Waals surface area contributed by atoms with Gasteiger partial charge in [-0.25, -0.2) is 0 Å². The molecule has 0 aliphatic heterocycles. The summed E-state index contributed by atoms with van der Waals surface area (Å²) >= 11 is 0. The van der Waals surface area contributed by atoms with Crippen LogP contribution in [0.4, 0.5) is 17.1 Å². The number of fused-ring (bicyclic) bond motifs is 4. The van der Waals surface area contributed by atoms with Crippen LogP contribution in [0.15, 0.2) is 212 Å². The number of anilines is 3. The van der Waals surface area contributed by atoms with E-state index in [1.165, 1.54) is 77.5 Å². The maximum absolute atomic E-state index is 2.45. The van der Waals surface area contributed by atoms with Crippen molar-refractivity contribution in [3.05, 3.63) is 223 Å². The highest BCUT2D eigenvalue weighted by molar-refractivity contribution is 5.99. The summed E-state index contributed by atoms with van der Waals surface area (Å²) in [6, 6.07) is 77.6. The quantitative estimate of drug-likeness (QED) is 0.159. The van der Waals surface area contributed by atoms with Crippen molar-refractivity contribution in [1.29, 1.82) is 0 Å². The Morgan fingerprint density at radius 2 is 0.911 bits per heavy atom. The molecule has 1 aliphatic carbocycles. The second kappa shape index (κ2) is 13.7. The van der Waals surface area contributed by atoms with Crippen molar-refractivity contribution in [2.24, 2.45) is 0 Å². The van der Waals surface area contributed by atoms with Crippen molar-refractivity contribution in [2.45, 2.75) is 19.3 Å². The lowest BCUT2D eigenvalue weighted by molar-refractivity contribution is 0.662. The number of nitrogens with zero attached hydrogens (tertiary/aromatic N) is 1. The van der Waals surface area contributed by atoms with E-state index in [2.05, 4.69) is 231 Å². The van der Waals surface area contributed by atoms with Gasteiger partial charge >= 0.3 is 0 Å². The van der Waals surface area contributed by atoms with Gasteiger partial charge in [0.05, 0.1) is 5.69 Å². The highest BCUT2D eigenvalue weighted by Gasteiger charge is 2.37. The summed E-state index contributed by atoms with van der Waals surface area (Å²) in [6.45, 7) is 4.73. The SMILES string of the molecule is CC1(C)c2ccccc2-c2cccc(-c3ccc(N(c4cccc(-c5ccccc5)c4)c4cc(-c5cccc6ccccc56)ccc4-c4ccccc4)cc3)c21. The summed E-state index contributed by atoms with van der Waals surface area (Å²) in [7, 11) is 0. The van der Waals surface area contributed by atoms with Crippen LogP contribution < -0.4 is 4.90 Å². The van der Waals surface area contributed by atoms with Gasteiger partial charge in [-0.15, -0.1) is 0 Å². The Morgan fingerprint density at radius 1 is 0.339 bits per heavy atom. The Labute approximate surface area is 329 Å². The third-order valence-corrected chi connectivity index (χ3v) is 11.7. The maximum atomic E-state index is 2.45. The average molecular weight is 716 g/mol. The summed E-state index contributed by atoms with van der Waals surface area (Å²) in [5.74, 6) is 0. The van der Waals surface area contributed by atoms with Gasteiger partial charge in [-0.05, 0) is 102 Å². The molecule has 1 nitrogen and oxygen atoms in total. The van der Waals surface area contributed by atoms with Crippen molar-refractivity contribution in [1.82, 2.24) is 0 Å². The smallest absolute Gasteiger partial charge is 0.0546 e. The molecule has 9 aromatic carbocycles. The van der Waals surface area contributed by atoms with Crippen LogP contribution in [0.1, 0.15) is 25.0 Å². The standard InChI is InChI=1S/C55H41N/c1-55(2)52-29-12-11-25-50(52)51-28-15-27-49(54(51)55)41-30-33-44(34-31-41)56(45-23-13-22-42(36-45)38-16-5-3-6-17-38)53-37-43(32-35-48(53)40-18-7-4-8-19-40)47-26-14-21-39-20-9-10-24-46(39)47/h3-37H,1-2H3. The normalized spacial score (nSPS) is 12.6. The molecule has 0 atom stereocenters. The zero-order valence-electron chi connectivity index (χ0n) is 31.7. The lowest BCUT2D eigenvalue weighted by atomic mass is 9.79. The van der Waals surface area contributed by atoms with E-state index in [9.17, 15) is 0 Å². The van der Waals surface area contributed by atoms with Gasteiger partial charge in [0.15, 0.2) is 0 Å². The molecule has 0 radical (unpaired) electrons. The van der Waals surface area contributed by atoms with Crippen LogP contribution in [0.2, 0.25) is 0 Å². The Morgan fingerprint density at radius 3 is 1.73 bits per heavy atom. The highest BCUT2D eigenvalue weighted by atomic mass is 15.1. The fraction of sp³-hybridized carbons (Fsp3) is 0.0545. The van der Waals surface area contributed by atoms with Gasteiger partial charge in [-0.2, -0.15) is 0 Å². The molecule has 1 aliphatic rings. The number of benzene rings is 9. The van der Waals surface area contributed by atoms with Crippen molar-refractivity contribution < 1.29 is 0 Å². The number of hydrogen-bond acceptors (Lipinski definition) is 1. The predicted molar refractivity (Wildman–Crippen MR) is 238 cm³/mol. The summed E-state index contributed by atoms with van der Waals surface area (Å²) < 4.78 is 0. The molecule has 10 rings (SSSR count). The molecular weight excluding hydrogens is 675 g/mol. The monoisotopic (exact) mass is 715 g/mol. The van der Waals surface area contributed by atoms with E-state index in [1.54, 1.807) is 0 Å². The minimum absolute atomic E-state index is 0.0995. The molecule has 0 heterocycles. The van der Waals surface area contributed by atoms with Gasteiger partial charge < -0.3 is 4.90 Å². The summed E-state index contributed by atoms with van der Waals surface area (Å²) in [5.41, 5.74) is 18.3. The lowest BCUT2D eigenvalue weighted by Crippen LogP contribution is -2.16. The third kappa shape index (κ3) is 5.72. The van der Waals surface area contributed by atoms with Gasteiger partial charge in [0, 0.05) is 22.4 Å². The van der Waals surface area contributed by atoms with Crippen molar-refractivity contribution >= 4 is 27.8 Å². The molecule has 0 bridgehead atoms. The first-order valence-corrected chi connectivity index (χ1v) is 19.5. The molecule has 0 fully saturated rings. The first-order valence-electron chi connectivity index (χ1n) is 19.5. The minimum Gasteiger partial charge on any atom is -0.310 e. The molecule has 0 saturated carbocycles. The van der Waals surface area contributed by atoms with Crippen molar-refractivity contribution in [3.63, 3.8) is 0 Å². The van der Waals surface area contributed by atoms with Gasteiger partial charge in [-0.3, -0.25) is 0 Å². The lowest BCUT2D eigenvalue weighted by Gasteiger charge is -2.29. The van der Waals surface area contributed by atoms with Crippen molar-refractivity contribution in [3.8, 4) is 55.6 Å². The first-order chi connectivity index (χ1) is 27.5. The van der Waals surface area contributed by atoms with Crippen LogP contribution in [0, 0.1) is 0 Å². The van der Waals surface area contributed by atoms with Crippen LogP contribution in [0.5, 0.6) is 0 Å². The third-order valence-electron chi connectivity index (χ3n) is 11.7. The molecule has 1 heteroatoms. The van der Waals surface area contributed by atoms with Gasteiger partial charge in [0.2, 0.25) is 0 Å². The topological polar surface area (TPSA) is 3.24 Å². The summed E-state index contributed by atoms with van der Waals surface area (Å²) in [6.07, 6.45) is 0. The van der Waals surface area contributed by atoms with E-state index < -0.39 is 0 Å². The molecular formula is C55H41N. The van der Waals surface area contributed by atoms with Crippen LogP contribution >= 0.6 is 0 Å². The van der Waals surface area contributed by atoms with E-state index in [-0.39, 0.29) is 5.41 Å². The van der Waals surface area contributed by atoms with Gasteiger partial charge in [0.25, 0.3) is 0 Å². The molecule has 0 aromatic heterocycles.